The zero-order valence-corrected chi connectivity index (χ0v) is 10.8. The minimum absolute atomic E-state index is 0. The maximum absolute atomic E-state index is 9.95. The van der Waals surface area contributed by atoms with Crippen LogP contribution in [0, 0.1) is 0 Å². The van der Waals surface area contributed by atoms with Gasteiger partial charge in [0.2, 0.25) is 6.33 Å². The summed E-state index contributed by atoms with van der Waals surface area (Å²) in [6.07, 6.45) is 6.14. The second kappa shape index (κ2) is 8.43. The van der Waals surface area contributed by atoms with Crippen LogP contribution in [-0.4, -0.2) is 24.3 Å². The zero-order chi connectivity index (χ0) is 11.9. The summed E-state index contributed by atoms with van der Waals surface area (Å²) in [5, 5.41) is 0. The number of hydrogen-bond acceptors (Lipinski definition) is 4. The number of hydrogen-bond donors (Lipinski definition) is 0. The molecule has 0 radical (unpaired) electrons. The average molecular weight is 254 g/mol. The molecule has 0 atom stereocenters. The van der Waals surface area contributed by atoms with Gasteiger partial charge in [-0.2, -0.15) is 0 Å². The minimum atomic E-state index is -3.90. The Balaban J connectivity index is 0. The second-order valence-corrected chi connectivity index (χ2v) is 4.35. The van der Waals surface area contributed by atoms with Crippen LogP contribution in [0.25, 0.3) is 0 Å². The predicted octanol–water partition coefficient (Wildman–Crippen LogP) is -0.745. The Hall–Kier alpha value is -0.720. The largest absolute Gasteiger partial charge is 0.756 e. The molecule has 1 rings (SSSR count). The molecule has 0 spiro atoms. The van der Waals surface area contributed by atoms with Crippen molar-refractivity contribution in [3.05, 3.63) is 18.7 Å². The first-order valence-electron chi connectivity index (χ1n) is 4.38. The molecular weight excluding hydrogens is 235 g/mol. The molecule has 0 aliphatic heterocycles. The van der Waals surface area contributed by atoms with Gasteiger partial charge in [0, 0.05) is 14.2 Å². The molecule has 0 saturated heterocycles. The third-order valence-corrected chi connectivity index (χ3v) is 2.53. The highest BCUT2D eigenvalue weighted by atomic mass is 31.2. The molecule has 0 fully saturated rings. The van der Waals surface area contributed by atoms with E-state index in [1.807, 2.05) is 17.8 Å². The molecule has 16 heavy (non-hydrogen) atoms. The van der Waals surface area contributed by atoms with E-state index in [2.05, 4.69) is 33.1 Å². The standard InChI is InChI=1S/C6H11N2.C2H7O4P.H2O/c1-3-8-5-4-7(2)6-8;1-5-7(3,4)6-2;/h4-6H,3H2,1-2H3;1-2H3,(H,3,4);1H2/q+1;;/p-1. The molecule has 0 amide bonds. The molecule has 1 aromatic heterocycles. The van der Waals surface area contributed by atoms with Gasteiger partial charge >= 0.3 is 0 Å². The lowest BCUT2D eigenvalue weighted by molar-refractivity contribution is -0.671. The van der Waals surface area contributed by atoms with Crippen molar-refractivity contribution >= 4 is 7.82 Å². The summed E-state index contributed by atoms with van der Waals surface area (Å²) in [5.41, 5.74) is 0. The van der Waals surface area contributed by atoms with Crippen molar-refractivity contribution in [3.63, 3.8) is 0 Å². The summed E-state index contributed by atoms with van der Waals surface area (Å²) in [5.74, 6) is 0. The molecule has 0 unspecified atom stereocenters. The van der Waals surface area contributed by atoms with Crippen molar-refractivity contribution in [2.24, 2.45) is 7.05 Å². The number of aryl methyl sites for hydroxylation is 2. The van der Waals surface area contributed by atoms with Gasteiger partial charge in [-0.25, -0.2) is 9.13 Å². The van der Waals surface area contributed by atoms with E-state index >= 15 is 0 Å². The van der Waals surface area contributed by atoms with Gasteiger partial charge in [0.15, 0.2) is 0 Å². The van der Waals surface area contributed by atoms with Gasteiger partial charge in [-0.3, -0.25) is 4.57 Å². The monoisotopic (exact) mass is 254 g/mol. The number of phosphoric ester groups is 1. The van der Waals surface area contributed by atoms with E-state index in [4.69, 9.17) is 0 Å². The molecular formula is C8H19N2O5P. The molecule has 0 aromatic carbocycles. The fourth-order valence-electron chi connectivity index (χ4n) is 0.763. The third-order valence-electron chi connectivity index (χ3n) is 1.64. The summed E-state index contributed by atoms with van der Waals surface area (Å²) in [6.45, 7) is 3.18. The Morgan fingerprint density at radius 1 is 1.44 bits per heavy atom. The Labute approximate surface area is 95.2 Å². The van der Waals surface area contributed by atoms with Gasteiger partial charge in [0.1, 0.15) is 12.4 Å². The lowest BCUT2D eigenvalue weighted by Gasteiger charge is -2.16. The van der Waals surface area contributed by atoms with Gasteiger partial charge in [-0.15, -0.1) is 0 Å². The topological polar surface area (TPSA) is 98.9 Å². The fourth-order valence-corrected chi connectivity index (χ4v) is 0.912. The summed E-state index contributed by atoms with van der Waals surface area (Å²) in [7, 11) is 0.194. The van der Waals surface area contributed by atoms with Crippen LogP contribution in [0.1, 0.15) is 6.92 Å². The van der Waals surface area contributed by atoms with E-state index in [-0.39, 0.29) is 5.48 Å². The van der Waals surface area contributed by atoms with Crippen LogP contribution in [0.2, 0.25) is 0 Å². The smallest absolute Gasteiger partial charge is 0.267 e. The highest BCUT2D eigenvalue weighted by Gasteiger charge is 1.98. The van der Waals surface area contributed by atoms with Gasteiger partial charge in [0.25, 0.3) is 7.82 Å². The van der Waals surface area contributed by atoms with Crippen molar-refractivity contribution < 1.29 is 28.5 Å². The molecule has 1 heterocycles. The van der Waals surface area contributed by atoms with Crippen LogP contribution >= 0.6 is 7.82 Å². The van der Waals surface area contributed by atoms with Crippen molar-refractivity contribution in [1.82, 2.24) is 4.57 Å². The van der Waals surface area contributed by atoms with Crippen molar-refractivity contribution in [1.29, 1.82) is 0 Å². The van der Waals surface area contributed by atoms with E-state index in [0.717, 1.165) is 20.8 Å². The number of phosphoric acid groups is 1. The van der Waals surface area contributed by atoms with Crippen LogP contribution in [-0.2, 0) is 27.2 Å². The first-order valence-corrected chi connectivity index (χ1v) is 5.84. The van der Waals surface area contributed by atoms with Crippen LogP contribution < -0.4 is 9.46 Å². The quantitative estimate of drug-likeness (QED) is 0.523. The molecule has 96 valence electrons. The van der Waals surface area contributed by atoms with Crippen LogP contribution in [0.4, 0.5) is 0 Å². The Bertz CT molecular complexity index is 320. The number of rotatable bonds is 3. The molecule has 7 nitrogen and oxygen atoms in total. The Morgan fingerprint density at radius 2 is 1.94 bits per heavy atom. The molecule has 0 saturated carbocycles. The van der Waals surface area contributed by atoms with Crippen molar-refractivity contribution in [2.75, 3.05) is 14.2 Å². The van der Waals surface area contributed by atoms with E-state index < -0.39 is 7.82 Å². The highest BCUT2D eigenvalue weighted by molar-refractivity contribution is 7.45. The van der Waals surface area contributed by atoms with E-state index in [0.29, 0.717) is 0 Å². The van der Waals surface area contributed by atoms with Crippen LogP contribution in [0.15, 0.2) is 18.7 Å². The lowest BCUT2D eigenvalue weighted by Crippen LogP contribution is -2.23. The van der Waals surface area contributed by atoms with Gasteiger partial charge in [-0.1, -0.05) is 0 Å². The fraction of sp³-hybridized carbons (Fsp3) is 0.625. The maximum atomic E-state index is 9.95. The van der Waals surface area contributed by atoms with Crippen molar-refractivity contribution in [2.45, 2.75) is 13.5 Å². The van der Waals surface area contributed by atoms with Gasteiger partial charge < -0.3 is 19.4 Å². The molecule has 0 bridgehead atoms. The SMILES string of the molecule is CCn1cc[n+](C)c1.COP(=O)([O-])OC.O. The number of imidazole rings is 1. The average Bonchev–Trinajstić information content (AvgIpc) is 2.65. The number of nitrogens with zero attached hydrogens (tertiary/aromatic N) is 2. The molecule has 0 aliphatic carbocycles. The zero-order valence-electron chi connectivity index (χ0n) is 9.91. The molecule has 8 heteroatoms. The molecule has 2 N–H and O–H groups in total. The highest BCUT2D eigenvalue weighted by Crippen LogP contribution is 2.34. The maximum Gasteiger partial charge on any atom is 0.267 e. The van der Waals surface area contributed by atoms with Gasteiger partial charge in [-0.05, 0) is 6.92 Å². The Kier molecular flexibility index (Phi) is 9.31. The second-order valence-electron chi connectivity index (χ2n) is 2.72. The summed E-state index contributed by atoms with van der Waals surface area (Å²) in [4.78, 5) is 9.95. The Morgan fingerprint density at radius 3 is 2.06 bits per heavy atom. The van der Waals surface area contributed by atoms with E-state index in [1.165, 1.54) is 0 Å². The minimum Gasteiger partial charge on any atom is -0.756 e. The van der Waals surface area contributed by atoms with Crippen molar-refractivity contribution in [3.8, 4) is 0 Å². The van der Waals surface area contributed by atoms with Gasteiger partial charge in [0.05, 0.1) is 13.6 Å². The summed E-state index contributed by atoms with van der Waals surface area (Å²) in [6, 6.07) is 0. The predicted molar refractivity (Wildman–Crippen MR) is 56.5 cm³/mol. The third kappa shape index (κ3) is 7.56. The molecule has 1 aromatic rings. The van der Waals surface area contributed by atoms with Crippen LogP contribution in [0.3, 0.4) is 0 Å². The number of aromatic nitrogens is 2. The summed E-state index contributed by atoms with van der Waals surface area (Å²) < 4.78 is 21.8. The summed E-state index contributed by atoms with van der Waals surface area (Å²) >= 11 is 0. The normalized spacial score (nSPS) is 10.1. The van der Waals surface area contributed by atoms with E-state index in [9.17, 15) is 9.46 Å². The van der Waals surface area contributed by atoms with E-state index in [1.54, 1.807) is 0 Å². The first-order chi connectivity index (χ1) is 6.95. The van der Waals surface area contributed by atoms with Crippen LogP contribution in [0.5, 0.6) is 0 Å². The first kappa shape index (κ1) is 17.7. The lowest BCUT2D eigenvalue weighted by atomic mass is 10.7. The molecule has 0 aliphatic rings.